The highest BCUT2D eigenvalue weighted by atomic mass is 16.2. The van der Waals surface area contributed by atoms with Crippen LogP contribution in [0.1, 0.15) is 13.3 Å². The van der Waals surface area contributed by atoms with Crippen molar-refractivity contribution in [3.63, 3.8) is 0 Å². The van der Waals surface area contributed by atoms with Crippen LogP contribution in [0.2, 0.25) is 0 Å². The number of likely N-dealkylation sites (tertiary alicyclic amines) is 1. The van der Waals surface area contributed by atoms with E-state index in [1.807, 2.05) is 6.92 Å². The van der Waals surface area contributed by atoms with Crippen LogP contribution in [0.4, 0.5) is 5.69 Å². The number of carbonyl (C=O) groups excluding carboxylic acids is 2. The van der Waals surface area contributed by atoms with Crippen LogP contribution in [0.3, 0.4) is 0 Å². The quantitative estimate of drug-likeness (QED) is 0.916. The summed E-state index contributed by atoms with van der Waals surface area (Å²) in [6.45, 7) is 3.04. The molecule has 1 fully saturated rings. The minimum Gasteiger partial charge on any atom is -0.342 e. The van der Waals surface area contributed by atoms with E-state index >= 15 is 0 Å². The summed E-state index contributed by atoms with van der Waals surface area (Å²) in [5, 5.41) is 2.82. The first-order valence-corrected chi connectivity index (χ1v) is 7.20. The maximum absolute atomic E-state index is 12.2. The summed E-state index contributed by atoms with van der Waals surface area (Å²) in [5.74, 6) is 0.335. The summed E-state index contributed by atoms with van der Waals surface area (Å²) in [5.41, 5.74) is 0.622. The van der Waals surface area contributed by atoms with Gasteiger partial charge < -0.3 is 10.2 Å². The van der Waals surface area contributed by atoms with Gasteiger partial charge in [0.25, 0.3) is 0 Å². The fraction of sp³-hybridized carbons (Fsp3) is 0.333. The number of hydrogen-bond acceptors (Lipinski definition) is 4. The zero-order chi connectivity index (χ0) is 15.5. The lowest BCUT2D eigenvalue weighted by Crippen LogP contribution is -2.28. The average molecular weight is 299 g/mol. The number of imidazole rings is 1. The molecule has 1 saturated heterocycles. The van der Waals surface area contributed by atoms with Gasteiger partial charge in [-0.15, -0.1) is 0 Å². The van der Waals surface area contributed by atoms with Gasteiger partial charge in [0.15, 0.2) is 0 Å². The highest BCUT2D eigenvalue weighted by molar-refractivity contribution is 5.97. The van der Waals surface area contributed by atoms with Crippen molar-refractivity contribution in [1.82, 2.24) is 19.4 Å². The summed E-state index contributed by atoms with van der Waals surface area (Å²) in [4.78, 5) is 33.8. The summed E-state index contributed by atoms with van der Waals surface area (Å²) in [6.07, 6.45) is 7.00. The van der Waals surface area contributed by atoms with Crippen LogP contribution in [0, 0.1) is 5.92 Å². The molecule has 1 N–H and O–H groups in total. The van der Waals surface area contributed by atoms with Gasteiger partial charge in [0.05, 0.1) is 17.8 Å². The zero-order valence-electron chi connectivity index (χ0n) is 12.3. The Bertz CT molecular complexity index is 666. The lowest BCUT2D eigenvalue weighted by molar-refractivity contribution is -0.128. The van der Waals surface area contributed by atoms with Crippen molar-refractivity contribution in [3.05, 3.63) is 37.1 Å². The second-order valence-corrected chi connectivity index (χ2v) is 5.20. The Kier molecular flexibility index (Phi) is 3.86. The molecule has 2 aromatic rings. The number of amides is 2. The maximum Gasteiger partial charge on any atom is 0.229 e. The summed E-state index contributed by atoms with van der Waals surface area (Å²) in [6, 6.07) is 3.59. The second kappa shape index (κ2) is 5.97. The number of pyridine rings is 1. The number of carbonyl (C=O) groups is 2. The van der Waals surface area contributed by atoms with Gasteiger partial charge in [-0.2, -0.15) is 0 Å². The Balaban J connectivity index is 1.64. The summed E-state index contributed by atoms with van der Waals surface area (Å²) >= 11 is 0. The van der Waals surface area contributed by atoms with Crippen molar-refractivity contribution in [2.45, 2.75) is 13.3 Å². The third-order valence-electron chi connectivity index (χ3n) is 3.75. The molecule has 0 radical (unpaired) electrons. The third-order valence-corrected chi connectivity index (χ3v) is 3.75. The zero-order valence-corrected chi connectivity index (χ0v) is 12.3. The topological polar surface area (TPSA) is 80.1 Å². The van der Waals surface area contributed by atoms with E-state index in [0.717, 1.165) is 5.82 Å². The SMILES string of the molecule is CCN1CC(C(=O)Nc2ccc(-n3ccnc3)nc2)CC1=O. The van der Waals surface area contributed by atoms with Gasteiger partial charge in [0.1, 0.15) is 12.1 Å². The first kappa shape index (κ1) is 14.2. The van der Waals surface area contributed by atoms with Crippen LogP contribution >= 0.6 is 0 Å². The Morgan fingerprint density at radius 2 is 2.32 bits per heavy atom. The molecule has 3 heterocycles. The highest BCUT2D eigenvalue weighted by Gasteiger charge is 2.33. The monoisotopic (exact) mass is 299 g/mol. The van der Waals surface area contributed by atoms with E-state index in [4.69, 9.17) is 0 Å². The van der Waals surface area contributed by atoms with Crippen molar-refractivity contribution in [3.8, 4) is 5.82 Å². The van der Waals surface area contributed by atoms with Gasteiger partial charge in [0, 0.05) is 31.9 Å². The average Bonchev–Trinajstić information content (AvgIpc) is 3.17. The molecule has 0 aromatic carbocycles. The maximum atomic E-state index is 12.2. The van der Waals surface area contributed by atoms with Crippen LogP contribution in [-0.4, -0.2) is 44.3 Å². The number of hydrogen-bond donors (Lipinski definition) is 1. The Hall–Kier alpha value is -2.70. The molecule has 7 nitrogen and oxygen atoms in total. The first-order chi connectivity index (χ1) is 10.7. The van der Waals surface area contributed by atoms with Crippen LogP contribution in [0.15, 0.2) is 37.1 Å². The first-order valence-electron chi connectivity index (χ1n) is 7.20. The van der Waals surface area contributed by atoms with Crippen molar-refractivity contribution in [2.75, 3.05) is 18.4 Å². The van der Waals surface area contributed by atoms with E-state index in [1.165, 1.54) is 0 Å². The van der Waals surface area contributed by atoms with Crippen LogP contribution in [0.25, 0.3) is 5.82 Å². The van der Waals surface area contributed by atoms with Crippen molar-refractivity contribution >= 4 is 17.5 Å². The molecular weight excluding hydrogens is 282 g/mol. The van der Waals surface area contributed by atoms with Gasteiger partial charge >= 0.3 is 0 Å². The molecule has 1 aliphatic rings. The molecule has 0 bridgehead atoms. The van der Waals surface area contributed by atoms with Crippen LogP contribution in [-0.2, 0) is 9.59 Å². The van der Waals surface area contributed by atoms with E-state index in [1.54, 1.807) is 46.5 Å². The van der Waals surface area contributed by atoms with Crippen molar-refractivity contribution < 1.29 is 9.59 Å². The Morgan fingerprint density at radius 1 is 1.45 bits per heavy atom. The van der Waals surface area contributed by atoms with Crippen LogP contribution < -0.4 is 5.32 Å². The molecule has 0 aliphatic carbocycles. The second-order valence-electron chi connectivity index (χ2n) is 5.20. The lowest BCUT2D eigenvalue weighted by atomic mass is 10.1. The van der Waals surface area contributed by atoms with Crippen LogP contribution in [0.5, 0.6) is 0 Å². The highest BCUT2D eigenvalue weighted by Crippen LogP contribution is 2.19. The predicted molar refractivity (Wildman–Crippen MR) is 80.3 cm³/mol. The van der Waals surface area contributed by atoms with E-state index in [-0.39, 0.29) is 24.2 Å². The minimum absolute atomic E-state index is 0.0382. The van der Waals surface area contributed by atoms with E-state index in [2.05, 4.69) is 15.3 Å². The lowest BCUT2D eigenvalue weighted by Gasteiger charge is -2.13. The fourth-order valence-electron chi connectivity index (χ4n) is 2.51. The smallest absolute Gasteiger partial charge is 0.229 e. The molecule has 3 rings (SSSR count). The molecule has 7 heteroatoms. The minimum atomic E-state index is -0.291. The van der Waals surface area contributed by atoms with Gasteiger partial charge in [0.2, 0.25) is 11.8 Å². The van der Waals surface area contributed by atoms with E-state index < -0.39 is 0 Å². The van der Waals surface area contributed by atoms with E-state index in [0.29, 0.717) is 18.8 Å². The third kappa shape index (κ3) is 2.83. The molecule has 2 aromatic heterocycles. The van der Waals surface area contributed by atoms with Gasteiger partial charge in [-0.25, -0.2) is 9.97 Å². The largest absolute Gasteiger partial charge is 0.342 e. The molecule has 22 heavy (non-hydrogen) atoms. The number of anilines is 1. The number of nitrogens with zero attached hydrogens (tertiary/aromatic N) is 4. The molecule has 2 amide bonds. The predicted octanol–water partition coefficient (Wildman–Crippen LogP) is 1.07. The van der Waals surface area contributed by atoms with Crippen molar-refractivity contribution in [1.29, 1.82) is 0 Å². The Labute approximate surface area is 128 Å². The van der Waals surface area contributed by atoms with E-state index in [9.17, 15) is 9.59 Å². The molecule has 0 saturated carbocycles. The summed E-state index contributed by atoms with van der Waals surface area (Å²) < 4.78 is 1.78. The molecule has 114 valence electrons. The molecular formula is C15H17N5O2. The molecule has 0 spiro atoms. The van der Waals surface area contributed by atoms with Gasteiger partial charge in [-0.1, -0.05) is 0 Å². The van der Waals surface area contributed by atoms with Crippen molar-refractivity contribution in [2.24, 2.45) is 5.92 Å². The van der Waals surface area contributed by atoms with Gasteiger partial charge in [-0.3, -0.25) is 14.2 Å². The Morgan fingerprint density at radius 3 is 2.91 bits per heavy atom. The molecule has 1 aliphatic heterocycles. The number of rotatable bonds is 4. The molecule has 1 atom stereocenters. The standard InChI is InChI=1S/C15H17N5O2/c1-2-19-9-11(7-14(19)21)15(22)18-12-3-4-13(17-8-12)20-6-5-16-10-20/h3-6,8,10-11H,2,7,9H2,1H3,(H,18,22). The number of nitrogens with one attached hydrogen (secondary N) is 1. The summed E-state index contributed by atoms with van der Waals surface area (Å²) in [7, 11) is 0. The number of aromatic nitrogens is 3. The molecule has 1 unspecified atom stereocenters. The fourth-order valence-corrected chi connectivity index (χ4v) is 2.51. The van der Waals surface area contributed by atoms with Gasteiger partial charge in [-0.05, 0) is 19.1 Å². The normalized spacial score (nSPS) is 17.8.